The van der Waals surface area contributed by atoms with E-state index in [0.717, 1.165) is 0 Å². The lowest BCUT2D eigenvalue weighted by molar-refractivity contribution is -0.143. The summed E-state index contributed by atoms with van der Waals surface area (Å²) < 4.78 is 37.0. The summed E-state index contributed by atoms with van der Waals surface area (Å²) in [6, 6.07) is 6.31. The second-order valence-electron chi connectivity index (χ2n) is 5.54. The molecule has 1 aliphatic rings. The standard InChI is InChI=1S/C16H24N2O5S/c1-4-15(23-3)16(19)17-9-11-18(12-10-17)24(20,21)14-7-5-13(22-2)6-8-14/h5-8,15H,4,9-12H2,1-3H3. The molecule has 1 aliphatic heterocycles. The van der Waals surface area contributed by atoms with Gasteiger partial charge in [0, 0.05) is 33.3 Å². The number of sulfonamides is 1. The zero-order chi connectivity index (χ0) is 17.7. The van der Waals surface area contributed by atoms with Crippen molar-refractivity contribution in [1.82, 2.24) is 9.21 Å². The fraction of sp³-hybridized carbons (Fsp3) is 0.562. The molecule has 1 fully saturated rings. The molecule has 0 radical (unpaired) electrons. The van der Waals surface area contributed by atoms with Crippen LogP contribution in [0.1, 0.15) is 13.3 Å². The molecule has 24 heavy (non-hydrogen) atoms. The number of rotatable bonds is 6. The van der Waals surface area contributed by atoms with Crippen molar-refractivity contribution in [2.45, 2.75) is 24.3 Å². The molecule has 1 aromatic rings. The molecular weight excluding hydrogens is 332 g/mol. The number of amides is 1. The summed E-state index contributed by atoms with van der Waals surface area (Å²) in [5.41, 5.74) is 0. The highest BCUT2D eigenvalue weighted by Gasteiger charge is 2.32. The number of hydrogen-bond acceptors (Lipinski definition) is 5. The first-order valence-electron chi connectivity index (χ1n) is 7.89. The molecule has 1 amide bonds. The monoisotopic (exact) mass is 356 g/mol. The summed E-state index contributed by atoms with van der Waals surface area (Å²) in [4.78, 5) is 14.2. The third-order valence-electron chi connectivity index (χ3n) is 4.18. The number of benzene rings is 1. The minimum Gasteiger partial charge on any atom is -0.497 e. The molecule has 0 aromatic heterocycles. The van der Waals surface area contributed by atoms with Gasteiger partial charge in [0.05, 0.1) is 12.0 Å². The third kappa shape index (κ3) is 3.88. The average molecular weight is 356 g/mol. The van der Waals surface area contributed by atoms with Crippen LogP contribution in [0.25, 0.3) is 0 Å². The molecule has 1 atom stereocenters. The van der Waals surface area contributed by atoms with Gasteiger partial charge in [-0.25, -0.2) is 8.42 Å². The Labute approximate surface area is 143 Å². The molecule has 7 nitrogen and oxygen atoms in total. The maximum atomic E-state index is 12.7. The Balaban J connectivity index is 2.03. The summed E-state index contributed by atoms with van der Waals surface area (Å²) in [5, 5.41) is 0. The summed E-state index contributed by atoms with van der Waals surface area (Å²) in [6.45, 7) is 3.18. The molecule has 0 aliphatic carbocycles. The number of methoxy groups -OCH3 is 2. The molecule has 1 heterocycles. The molecule has 1 aromatic carbocycles. The van der Waals surface area contributed by atoms with Gasteiger partial charge in [0.15, 0.2) is 0 Å². The number of hydrogen-bond donors (Lipinski definition) is 0. The molecule has 0 bridgehead atoms. The molecule has 0 saturated carbocycles. The van der Waals surface area contributed by atoms with Crippen LogP contribution in [0.5, 0.6) is 5.75 Å². The lowest BCUT2D eigenvalue weighted by Crippen LogP contribution is -2.52. The lowest BCUT2D eigenvalue weighted by Gasteiger charge is -2.35. The molecule has 2 rings (SSSR count). The van der Waals surface area contributed by atoms with E-state index in [9.17, 15) is 13.2 Å². The van der Waals surface area contributed by atoms with E-state index >= 15 is 0 Å². The van der Waals surface area contributed by atoms with Crippen molar-refractivity contribution in [2.75, 3.05) is 40.4 Å². The summed E-state index contributed by atoms with van der Waals surface area (Å²) in [5.74, 6) is 0.524. The Kier molecular flexibility index (Phi) is 6.20. The number of carbonyl (C=O) groups excluding carboxylic acids is 1. The van der Waals surface area contributed by atoms with Crippen LogP contribution >= 0.6 is 0 Å². The van der Waals surface area contributed by atoms with Crippen LogP contribution in [-0.2, 0) is 19.6 Å². The van der Waals surface area contributed by atoms with Gasteiger partial charge < -0.3 is 14.4 Å². The van der Waals surface area contributed by atoms with E-state index in [1.54, 1.807) is 17.0 Å². The molecular formula is C16H24N2O5S. The van der Waals surface area contributed by atoms with Crippen LogP contribution in [0.2, 0.25) is 0 Å². The number of carbonyl (C=O) groups is 1. The molecule has 0 N–H and O–H groups in total. The van der Waals surface area contributed by atoms with Gasteiger partial charge in [-0.2, -0.15) is 4.31 Å². The molecule has 0 spiro atoms. The van der Waals surface area contributed by atoms with E-state index in [0.29, 0.717) is 25.3 Å². The number of piperazine rings is 1. The van der Waals surface area contributed by atoms with Crippen LogP contribution in [0.15, 0.2) is 29.2 Å². The highest BCUT2D eigenvalue weighted by atomic mass is 32.2. The van der Waals surface area contributed by atoms with E-state index in [1.807, 2.05) is 6.92 Å². The summed E-state index contributed by atoms with van der Waals surface area (Å²) in [7, 11) is -0.518. The van der Waals surface area contributed by atoms with Crippen molar-refractivity contribution in [3.05, 3.63) is 24.3 Å². The predicted molar refractivity (Wildman–Crippen MR) is 89.4 cm³/mol. The zero-order valence-corrected chi connectivity index (χ0v) is 15.1. The van der Waals surface area contributed by atoms with Crippen LogP contribution < -0.4 is 4.74 Å². The topological polar surface area (TPSA) is 76.2 Å². The van der Waals surface area contributed by atoms with Gasteiger partial charge in [0.2, 0.25) is 10.0 Å². The zero-order valence-electron chi connectivity index (χ0n) is 14.3. The quantitative estimate of drug-likeness (QED) is 0.759. The second kappa shape index (κ2) is 7.96. The summed E-state index contributed by atoms with van der Waals surface area (Å²) in [6.07, 6.45) is 0.134. The molecule has 134 valence electrons. The Bertz CT molecular complexity index is 648. The van der Waals surface area contributed by atoms with E-state index in [4.69, 9.17) is 9.47 Å². The highest BCUT2D eigenvalue weighted by Crippen LogP contribution is 2.21. The Morgan fingerprint density at radius 1 is 1.12 bits per heavy atom. The number of nitrogens with zero attached hydrogens (tertiary/aromatic N) is 2. The SMILES string of the molecule is CCC(OC)C(=O)N1CCN(S(=O)(=O)c2ccc(OC)cc2)CC1. The van der Waals surface area contributed by atoms with Gasteiger partial charge in [0.25, 0.3) is 5.91 Å². The molecule has 1 unspecified atom stereocenters. The van der Waals surface area contributed by atoms with Crippen molar-refractivity contribution >= 4 is 15.9 Å². The Morgan fingerprint density at radius 3 is 2.17 bits per heavy atom. The van der Waals surface area contributed by atoms with Gasteiger partial charge in [-0.15, -0.1) is 0 Å². The van der Waals surface area contributed by atoms with E-state index < -0.39 is 16.1 Å². The first kappa shape index (κ1) is 18.7. The minimum atomic E-state index is -3.56. The van der Waals surface area contributed by atoms with Crippen molar-refractivity contribution < 1.29 is 22.7 Å². The van der Waals surface area contributed by atoms with Gasteiger partial charge in [-0.05, 0) is 30.7 Å². The average Bonchev–Trinajstić information content (AvgIpc) is 2.62. The van der Waals surface area contributed by atoms with Crippen molar-refractivity contribution in [2.24, 2.45) is 0 Å². The van der Waals surface area contributed by atoms with E-state index in [1.165, 1.54) is 30.7 Å². The van der Waals surface area contributed by atoms with Gasteiger partial charge in [-0.1, -0.05) is 6.92 Å². The smallest absolute Gasteiger partial charge is 0.251 e. The van der Waals surface area contributed by atoms with Crippen LogP contribution in [0.4, 0.5) is 0 Å². The number of ether oxygens (including phenoxy) is 2. The molecule has 8 heteroatoms. The Morgan fingerprint density at radius 2 is 1.71 bits per heavy atom. The Hall–Kier alpha value is -1.64. The van der Waals surface area contributed by atoms with Gasteiger partial charge >= 0.3 is 0 Å². The van der Waals surface area contributed by atoms with E-state index in [-0.39, 0.29) is 23.9 Å². The molecule has 1 saturated heterocycles. The normalized spacial score (nSPS) is 17.5. The second-order valence-corrected chi connectivity index (χ2v) is 7.48. The predicted octanol–water partition coefficient (Wildman–Crippen LogP) is 0.953. The van der Waals surface area contributed by atoms with E-state index in [2.05, 4.69) is 0 Å². The summed E-state index contributed by atoms with van der Waals surface area (Å²) >= 11 is 0. The fourth-order valence-corrected chi connectivity index (χ4v) is 4.11. The third-order valence-corrected chi connectivity index (χ3v) is 6.09. The van der Waals surface area contributed by atoms with Crippen molar-refractivity contribution in [3.8, 4) is 5.75 Å². The first-order chi connectivity index (χ1) is 11.4. The van der Waals surface area contributed by atoms with Gasteiger partial charge in [0.1, 0.15) is 11.9 Å². The largest absolute Gasteiger partial charge is 0.497 e. The fourth-order valence-electron chi connectivity index (χ4n) is 2.69. The minimum absolute atomic E-state index is 0.0819. The van der Waals surface area contributed by atoms with Crippen molar-refractivity contribution in [1.29, 1.82) is 0 Å². The maximum absolute atomic E-state index is 12.7. The first-order valence-corrected chi connectivity index (χ1v) is 9.33. The lowest BCUT2D eigenvalue weighted by atomic mass is 10.2. The maximum Gasteiger partial charge on any atom is 0.251 e. The van der Waals surface area contributed by atoms with Crippen LogP contribution in [-0.4, -0.2) is 70.0 Å². The van der Waals surface area contributed by atoms with Crippen LogP contribution in [0.3, 0.4) is 0 Å². The van der Waals surface area contributed by atoms with Crippen molar-refractivity contribution in [3.63, 3.8) is 0 Å². The highest BCUT2D eigenvalue weighted by molar-refractivity contribution is 7.89. The van der Waals surface area contributed by atoms with Crippen LogP contribution in [0, 0.1) is 0 Å². The van der Waals surface area contributed by atoms with Gasteiger partial charge in [-0.3, -0.25) is 4.79 Å².